The molecule has 0 fully saturated rings. The molecule has 0 atom stereocenters. The average Bonchev–Trinajstić information content (AvgIpc) is 3.10. The minimum atomic E-state index is 0.466. The van der Waals surface area contributed by atoms with E-state index >= 15 is 0 Å². The predicted octanol–water partition coefficient (Wildman–Crippen LogP) is 1.78. The van der Waals surface area contributed by atoms with E-state index in [-0.39, 0.29) is 0 Å². The summed E-state index contributed by atoms with van der Waals surface area (Å²) in [7, 11) is 0. The van der Waals surface area contributed by atoms with Gasteiger partial charge >= 0.3 is 0 Å². The molecule has 2 aliphatic rings. The smallest absolute Gasteiger partial charge is 0.191 e. The van der Waals surface area contributed by atoms with Crippen molar-refractivity contribution in [1.29, 1.82) is 0 Å². The van der Waals surface area contributed by atoms with Gasteiger partial charge in [-0.25, -0.2) is 4.99 Å². The van der Waals surface area contributed by atoms with Crippen LogP contribution in [0.5, 0.6) is 0 Å². The van der Waals surface area contributed by atoms with E-state index in [0.717, 1.165) is 50.0 Å². The van der Waals surface area contributed by atoms with Crippen LogP contribution < -0.4 is 10.6 Å². The fraction of sp³-hybridized carbons (Fsp3) is 0.688. The van der Waals surface area contributed by atoms with Crippen LogP contribution in [0.4, 0.5) is 0 Å². The van der Waals surface area contributed by atoms with Crippen LogP contribution in [0.3, 0.4) is 0 Å². The zero-order valence-corrected chi connectivity index (χ0v) is 13.4. The van der Waals surface area contributed by atoms with Crippen molar-refractivity contribution in [2.75, 3.05) is 6.54 Å². The van der Waals surface area contributed by atoms with Crippen LogP contribution in [-0.4, -0.2) is 33.3 Å². The van der Waals surface area contributed by atoms with E-state index in [2.05, 4.69) is 44.5 Å². The first-order valence-corrected chi connectivity index (χ1v) is 8.47. The predicted molar refractivity (Wildman–Crippen MR) is 87.7 cm³/mol. The number of hydrogen-bond acceptors (Lipinski definition) is 3. The summed E-state index contributed by atoms with van der Waals surface area (Å²) in [5.41, 5.74) is 0. The van der Waals surface area contributed by atoms with Gasteiger partial charge in [-0.15, -0.1) is 10.2 Å². The molecule has 120 valence electrons. The number of hydrogen-bond donors (Lipinski definition) is 2. The second-order valence-corrected chi connectivity index (χ2v) is 5.97. The molecule has 0 saturated carbocycles. The highest BCUT2D eigenvalue weighted by Crippen LogP contribution is 2.15. The topological polar surface area (TPSA) is 67.1 Å². The first kappa shape index (κ1) is 15.1. The van der Waals surface area contributed by atoms with E-state index < -0.39 is 0 Å². The summed E-state index contributed by atoms with van der Waals surface area (Å²) in [5.74, 6) is 2.99. The lowest BCUT2D eigenvalue weighted by Crippen LogP contribution is -2.42. The van der Waals surface area contributed by atoms with Crippen molar-refractivity contribution in [3.63, 3.8) is 0 Å². The minimum absolute atomic E-state index is 0.466. The fourth-order valence-electron chi connectivity index (χ4n) is 3.06. The number of rotatable bonds is 4. The Morgan fingerprint density at radius 1 is 1.27 bits per heavy atom. The van der Waals surface area contributed by atoms with Gasteiger partial charge in [-0.2, -0.15) is 0 Å². The van der Waals surface area contributed by atoms with Crippen LogP contribution in [-0.2, 0) is 19.5 Å². The first-order valence-electron chi connectivity index (χ1n) is 8.47. The molecule has 0 radical (unpaired) electrons. The Morgan fingerprint density at radius 3 is 2.95 bits per heavy atom. The van der Waals surface area contributed by atoms with E-state index in [0.29, 0.717) is 12.6 Å². The highest BCUT2D eigenvalue weighted by molar-refractivity contribution is 5.80. The molecule has 2 N–H and O–H groups in total. The molecule has 1 aliphatic heterocycles. The number of guanidine groups is 1. The molecule has 22 heavy (non-hydrogen) atoms. The van der Waals surface area contributed by atoms with Gasteiger partial charge in [0.15, 0.2) is 11.8 Å². The molecule has 6 nitrogen and oxygen atoms in total. The molecule has 6 heteroatoms. The van der Waals surface area contributed by atoms with E-state index in [1.807, 2.05) is 0 Å². The lowest BCUT2D eigenvalue weighted by Gasteiger charge is -2.16. The lowest BCUT2D eigenvalue weighted by atomic mass is 10.2. The Kier molecular flexibility index (Phi) is 5.08. The number of nitrogens with one attached hydrogen (secondary N) is 2. The van der Waals surface area contributed by atoms with E-state index in [4.69, 9.17) is 4.99 Å². The van der Waals surface area contributed by atoms with E-state index in [1.165, 1.54) is 19.3 Å². The third kappa shape index (κ3) is 3.67. The Balaban J connectivity index is 1.66. The third-order valence-corrected chi connectivity index (χ3v) is 4.26. The third-order valence-electron chi connectivity index (χ3n) is 4.26. The van der Waals surface area contributed by atoms with Crippen LogP contribution >= 0.6 is 0 Å². The van der Waals surface area contributed by atoms with Gasteiger partial charge in [0.1, 0.15) is 12.4 Å². The van der Waals surface area contributed by atoms with Crippen molar-refractivity contribution in [2.45, 2.75) is 64.6 Å². The summed E-state index contributed by atoms with van der Waals surface area (Å²) in [6.07, 6.45) is 11.4. The average molecular weight is 302 g/mol. The molecular formula is C16H26N6. The highest BCUT2D eigenvalue weighted by Gasteiger charge is 2.15. The zero-order valence-electron chi connectivity index (χ0n) is 13.4. The number of aliphatic imine (C=N–C) groups is 1. The molecule has 0 unspecified atom stereocenters. The molecule has 1 aliphatic carbocycles. The number of aryl methyl sites for hydroxylation is 1. The summed E-state index contributed by atoms with van der Waals surface area (Å²) in [6, 6.07) is 0.466. The van der Waals surface area contributed by atoms with Gasteiger partial charge in [0.2, 0.25) is 0 Å². The molecule has 2 heterocycles. The Labute approximate surface area is 132 Å². The van der Waals surface area contributed by atoms with Crippen molar-refractivity contribution < 1.29 is 0 Å². The van der Waals surface area contributed by atoms with Crippen LogP contribution in [0.1, 0.15) is 50.7 Å². The van der Waals surface area contributed by atoms with Gasteiger partial charge in [0, 0.05) is 25.6 Å². The largest absolute Gasteiger partial charge is 0.357 e. The molecule has 0 bridgehead atoms. The van der Waals surface area contributed by atoms with Gasteiger partial charge < -0.3 is 15.2 Å². The molecular weight excluding hydrogens is 276 g/mol. The number of aromatic nitrogens is 3. The second kappa shape index (κ2) is 7.42. The normalized spacial score (nSPS) is 19.0. The fourth-order valence-corrected chi connectivity index (χ4v) is 3.06. The van der Waals surface area contributed by atoms with Gasteiger partial charge in [0.25, 0.3) is 0 Å². The van der Waals surface area contributed by atoms with Crippen LogP contribution in [0.15, 0.2) is 17.1 Å². The van der Waals surface area contributed by atoms with Crippen molar-refractivity contribution in [3.05, 3.63) is 23.8 Å². The first-order chi connectivity index (χ1) is 10.9. The molecule has 1 aromatic heterocycles. The van der Waals surface area contributed by atoms with Gasteiger partial charge in [0.05, 0.1) is 0 Å². The van der Waals surface area contributed by atoms with Crippen molar-refractivity contribution >= 4 is 5.96 Å². The second-order valence-electron chi connectivity index (χ2n) is 5.97. The van der Waals surface area contributed by atoms with Gasteiger partial charge in [-0.3, -0.25) is 0 Å². The maximum Gasteiger partial charge on any atom is 0.191 e. The maximum atomic E-state index is 4.70. The van der Waals surface area contributed by atoms with Crippen LogP contribution in [0.25, 0.3) is 0 Å². The van der Waals surface area contributed by atoms with Crippen molar-refractivity contribution in [1.82, 2.24) is 25.4 Å². The Hall–Kier alpha value is -1.85. The van der Waals surface area contributed by atoms with Gasteiger partial charge in [-0.1, -0.05) is 18.6 Å². The molecule has 0 spiro atoms. The molecule has 0 aromatic carbocycles. The lowest BCUT2D eigenvalue weighted by molar-refractivity contribution is 0.602. The highest BCUT2D eigenvalue weighted by atomic mass is 15.3. The molecule has 3 rings (SSSR count). The number of nitrogens with zero attached hydrogens (tertiary/aromatic N) is 4. The molecule has 1 aromatic rings. The quantitative estimate of drug-likeness (QED) is 0.505. The van der Waals surface area contributed by atoms with Crippen LogP contribution in [0.2, 0.25) is 0 Å². The minimum Gasteiger partial charge on any atom is -0.357 e. The van der Waals surface area contributed by atoms with E-state index in [9.17, 15) is 0 Å². The van der Waals surface area contributed by atoms with Crippen molar-refractivity contribution in [3.8, 4) is 0 Å². The SMILES string of the molecule is CCNC(=NCc1nnc2n1CCCCC2)NC1CC=CC1. The van der Waals surface area contributed by atoms with Gasteiger partial charge in [-0.05, 0) is 32.6 Å². The summed E-state index contributed by atoms with van der Waals surface area (Å²) in [5, 5.41) is 15.5. The summed E-state index contributed by atoms with van der Waals surface area (Å²) < 4.78 is 2.26. The van der Waals surface area contributed by atoms with Crippen molar-refractivity contribution in [2.24, 2.45) is 4.99 Å². The van der Waals surface area contributed by atoms with E-state index in [1.54, 1.807) is 0 Å². The maximum absolute atomic E-state index is 4.70. The standard InChI is InChI=1S/C16H26N6/c1-2-17-16(19-13-8-5-6-9-13)18-12-15-21-20-14-10-4-3-7-11-22(14)15/h5-6,13H,2-4,7-12H2,1H3,(H2,17,18,19). The Morgan fingerprint density at radius 2 is 2.14 bits per heavy atom. The number of fused-ring (bicyclic) bond motifs is 1. The summed E-state index contributed by atoms with van der Waals surface area (Å²) in [6.45, 7) is 4.57. The monoisotopic (exact) mass is 302 g/mol. The summed E-state index contributed by atoms with van der Waals surface area (Å²) >= 11 is 0. The molecule has 0 saturated heterocycles. The Bertz CT molecular complexity index is 537. The zero-order chi connectivity index (χ0) is 15.2. The molecule has 0 amide bonds. The summed E-state index contributed by atoms with van der Waals surface area (Å²) in [4.78, 5) is 4.70. The van der Waals surface area contributed by atoms with Crippen LogP contribution in [0, 0.1) is 0 Å².